The number of rotatable bonds is 7. The Kier molecular flexibility index (Phi) is 5.76. The number of hydrogen-bond acceptors (Lipinski definition) is 6. The lowest BCUT2D eigenvalue weighted by Crippen LogP contribution is -2.24. The van der Waals surface area contributed by atoms with E-state index in [1.165, 1.54) is 6.08 Å². The van der Waals surface area contributed by atoms with Crippen molar-refractivity contribution in [1.29, 1.82) is 0 Å². The third kappa shape index (κ3) is 4.77. The molecule has 2 aromatic rings. The van der Waals surface area contributed by atoms with Crippen molar-refractivity contribution < 1.29 is 17.7 Å². The van der Waals surface area contributed by atoms with E-state index in [0.717, 1.165) is 0 Å². The lowest BCUT2D eigenvalue weighted by atomic mass is 10.1. The Bertz CT molecular complexity index is 879. The Morgan fingerprint density at radius 1 is 1.32 bits per heavy atom. The van der Waals surface area contributed by atoms with E-state index < -0.39 is 10.0 Å². The van der Waals surface area contributed by atoms with Gasteiger partial charge in [0, 0.05) is 38.5 Å². The van der Waals surface area contributed by atoms with Crippen LogP contribution in [-0.4, -0.2) is 38.4 Å². The number of aromatic nitrogens is 1. The van der Waals surface area contributed by atoms with Gasteiger partial charge < -0.3 is 9.42 Å². The maximum absolute atomic E-state index is 12.4. The molecule has 0 amide bonds. The van der Waals surface area contributed by atoms with Crippen molar-refractivity contribution in [3.8, 4) is 0 Å². The molecule has 0 radical (unpaired) electrons. The summed E-state index contributed by atoms with van der Waals surface area (Å²) >= 11 is 0. The average Bonchev–Trinajstić information content (AvgIpc) is 2.90. The minimum Gasteiger partial charge on any atom is -0.383 e. The summed E-state index contributed by atoms with van der Waals surface area (Å²) in [5.41, 5.74) is 1.48. The Balaban J connectivity index is 2.14. The van der Waals surface area contributed by atoms with Crippen molar-refractivity contribution in [2.45, 2.75) is 25.3 Å². The van der Waals surface area contributed by atoms with E-state index in [-0.39, 0.29) is 23.0 Å². The fourth-order valence-electron chi connectivity index (χ4n) is 2.26. The predicted molar refractivity (Wildman–Crippen MR) is 93.6 cm³/mol. The molecule has 134 valence electrons. The molecule has 2 rings (SSSR count). The standard InChI is InChI=1S/C17H21N3O4S/c1-12-17(13(2)24-19-12)25(22,23)18-11-14-6-5-7-15(10-14)16(21)8-9-20(3)4/h5-10,18H,11H2,1-4H3. The maximum atomic E-state index is 12.4. The second-order valence-corrected chi connectivity index (χ2v) is 7.53. The van der Waals surface area contributed by atoms with E-state index in [1.54, 1.807) is 49.2 Å². The summed E-state index contributed by atoms with van der Waals surface area (Å²) in [4.78, 5) is 13.9. The minimum atomic E-state index is -3.74. The highest BCUT2D eigenvalue weighted by molar-refractivity contribution is 7.89. The number of carbonyl (C=O) groups excluding carboxylic acids is 1. The van der Waals surface area contributed by atoms with Crippen LogP contribution in [0.1, 0.15) is 27.4 Å². The van der Waals surface area contributed by atoms with Crippen molar-refractivity contribution in [1.82, 2.24) is 14.8 Å². The van der Waals surface area contributed by atoms with Crippen molar-refractivity contribution in [3.63, 3.8) is 0 Å². The lowest BCUT2D eigenvalue weighted by molar-refractivity contribution is 0.104. The number of nitrogens with one attached hydrogen (secondary N) is 1. The Morgan fingerprint density at radius 3 is 2.64 bits per heavy atom. The largest absolute Gasteiger partial charge is 0.383 e. The highest BCUT2D eigenvalue weighted by Crippen LogP contribution is 2.19. The monoisotopic (exact) mass is 363 g/mol. The van der Waals surface area contributed by atoms with Gasteiger partial charge in [0.15, 0.2) is 11.5 Å². The van der Waals surface area contributed by atoms with Crippen LogP contribution in [0.25, 0.3) is 0 Å². The molecule has 0 atom stereocenters. The van der Waals surface area contributed by atoms with Gasteiger partial charge in [0.25, 0.3) is 0 Å². The molecule has 0 aliphatic rings. The zero-order chi connectivity index (χ0) is 18.6. The van der Waals surface area contributed by atoms with Gasteiger partial charge in [-0.3, -0.25) is 4.79 Å². The molecule has 1 aromatic heterocycles. The van der Waals surface area contributed by atoms with E-state index in [1.807, 2.05) is 14.1 Å². The van der Waals surface area contributed by atoms with E-state index in [2.05, 4.69) is 9.88 Å². The molecule has 1 aromatic carbocycles. The molecule has 25 heavy (non-hydrogen) atoms. The third-order valence-corrected chi connectivity index (χ3v) is 5.08. The Morgan fingerprint density at radius 2 is 2.04 bits per heavy atom. The van der Waals surface area contributed by atoms with Crippen molar-refractivity contribution >= 4 is 15.8 Å². The molecule has 8 heteroatoms. The number of aryl methyl sites for hydroxylation is 2. The summed E-state index contributed by atoms with van der Waals surface area (Å²) in [6.07, 6.45) is 3.13. The van der Waals surface area contributed by atoms with Crippen LogP contribution in [0.15, 0.2) is 46.0 Å². The SMILES string of the molecule is Cc1noc(C)c1S(=O)(=O)NCc1cccc(C(=O)C=CN(C)C)c1. The van der Waals surface area contributed by atoms with Gasteiger partial charge in [-0.25, -0.2) is 13.1 Å². The zero-order valence-corrected chi connectivity index (χ0v) is 15.4. The van der Waals surface area contributed by atoms with Crippen LogP contribution in [0.5, 0.6) is 0 Å². The third-order valence-electron chi connectivity index (χ3n) is 3.44. The summed E-state index contributed by atoms with van der Waals surface area (Å²) < 4.78 is 32.2. The summed E-state index contributed by atoms with van der Waals surface area (Å²) in [6.45, 7) is 3.18. The van der Waals surface area contributed by atoms with E-state index in [4.69, 9.17) is 4.52 Å². The van der Waals surface area contributed by atoms with Gasteiger partial charge in [0.05, 0.1) is 0 Å². The molecule has 0 bridgehead atoms. The van der Waals surface area contributed by atoms with E-state index in [0.29, 0.717) is 16.8 Å². The molecule has 1 N–H and O–H groups in total. The van der Waals surface area contributed by atoms with Crippen molar-refractivity contribution in [2.24, 2.45) is 0 Å². The normalized spacial score (nSPS) is 11.8. The number of nitrogens with zero attached hydrogens (tertiary/aromatic N) is 2. The van der Waals surface area contributed by atoms with Crippen molar-refractivity contribution in [3.05, 3.63) is 59.1 Å². The van der Waals surface area contributed by atoms with Gasteiger partial charge in [0.2, 0.25) is 10.0 Å². The maximum Gasteiger partial charge on any atom is 0.246 e. The average molecular weight is 363 g/mol. The first-order chi connectivity index (χ1) is 11.7. The molecule has 0 aliphatic heterocycles. The van der Waals surface area contributed by atoms with Crippen LogP contribution in [-0.2, 0) is 16.6 Å². The van der Waals surface area contributed by atoms with Crippen molar-refractivity contribution in [2.75, 3.05) is 14.1 Å². The molecular formula is C17H21N3O4S. The molecule has 0 unspecified atom stereocenters. The number of sulfonamides is 1. The smallest absolute Gasteiger partial charge is 0.246 e. The molecule has 1 heterocycles. The molecule has 7 nitrogen and oxygen atoms in total. The number of carbonyl (C=O) groups is 1. The predicted octanol–water partition coefficient (Wildman–Crippen LogP) is 2.03. The first-order valence-corrected chi connectivity index (χ1v) is 9.09. The summed E-state index contributed by atoms with van der Waals surface area (Å²) in [7, 11) is -0.0967. The molecule has 0 saturated carbocycles. The number of allylic oxidation sites excluding steroid dienone is 1. The Labute approximate surface area is 147 Å². The van der Waals surface area contributed by atoms with Crippen LogP contribution >= 0.6 is 0 Å². The molecule has 0 saturated heterocycles. The summed E-state index contributed by atoms with van der Waals surface area (Å²) in [5, 5.41) is 3.66. The molecule has 0 fully saturated rings. The van der Waals surface area contributed by atoms with Crippen LogP contribution in [0.4, 0.5) is 0 Å². The fourth-order valence-corrected chi connectivity index (χ4v) is 3.60. The zero-order valence-electron chi connectivity index (χ0n) is 14.6. The van der Waals surface area contributed by atoms with Crippen LogP contribution in [0.3, 0.4) is 0 Å². The first kappa shape index (κ1) is 18.9. The highest BCUT2D eigenvalue weighted by atomic mass is 32.2. The molecule has 0 spiro atoms. The van der Waals surface area contributed by atoms with Gasteiger partial charge in [-0.1, -0.05) is 23.4 Å². The fraction of sp³-hybridized carbons (Fsp3) is 0.294. The summed E-state index contributed by atoms with van der Waals surface area (Å²) in [6, 6.07) is 6.82. The Hall–Kier alpha value is -2.45. The number of ketones is 1. The quantitative estimate of drug-likeness (QED) is 0.598. The highest BCUT2D eigenvalue weighted by Gasteiger charge is 2.23. The molecular weight excluding hydrogens is 342 g/mol. The second kappa shape index (κ2) is 7.62. The van der Waals surface area contributed by atoms with Crippen LogP contribution in [0.2, 0.25) is 0 Å². The van der Waals surface area contributed by atoms with Gasteiger partial charge >= 0.3 is 0 Å². The lowest BCUT2D eigenvalue weighted by Gasteiger charge is -2.07. The van der Waals surface area contributed by atoms with Gasteiger partial charge in [0.1, 0.15) is 10.6 Å². The van der Waals surface area contributed by atoms with Crippen LogP contribution in [0, 0.1) is 13.8 Å². The summed E-state index contributed by atoms with van der Waals surface area (Å²) in [5.74, 6) is 0.0897. The minimum absolute atomic E-state index is 0.0497. The van der Waals surface area contributed by atoms with E-state index >= 15 is 0 Å². The number of hydrogen-bond donors (Lipinski definition) is 1. The van der Waals surface area contributed by atoms with Gasteiger partial charge in [-0.15, -0.1) is 0 Å². The topological polar surface area (TPSA) is 92.5 Å². The van der Waals surface area contributed by atoms with Gasteiger partial charge in [-0.2, -0.15) is 0 Å². The van der Waals surface area contributed by atoms with Gasteiger partial charge in [-0.05, 0) is 25.5 Å². The van der Waals surface area contributed by atoms with E-state index in [9.17, 15) is 13.2 Å². The molecule has 0 aliphatic carbocycles. The first-order valence-electron chi connectivity index (χ1n) is 7.61. The van der Waals surface area contributed by atoms with Crippen LogP contribution < -0.4 is 4.72 Å². The number of benzene rings is 1. The second-order valence-electron chi connectivity index (χ2n) is 5.82.